The molecule has 7 heteroatoms. The fourth-order valence-corrected chi connectivity index (χ4v) is 2.55. The van der Waals surface area contributed by atoms with Gasteiger partial charge < -0.3 is 9.84 Å². The zero-order valence-corrected chi connectivity index (χ0v) is 12.3. The van der Waals surface area contributed by atoms with Crippen LogP contribution in [-0.2, 0) is 7.05 Å². The molecule has 1 aliphatic rings. The number of nitrogens with zero attached hydrogens (tertiary/aromatic N) is 4. The molecule has 0 spiro atoms. The highest BCUT2D eigenvalue weighted by Gasteiger charge is 2.28. The number of carbonyl (C=O) groups is 1. The van der Waals surface area contributed by atoms with E-state index in [1.54, 1.807) is 24.0 Å². The Morgan fingerprint density at radius 3 is 2.95 bits per heavy atom. The summed E-state index contributed by atoms with van der Waals surface area (Å²) in [6.07, 6.45) is 3.98. The fraction of sp³-hybridized carbons (Fsp3) is 0.333. The van der Waals surface area contributed by atoms with Crippen LogP contribution in [0.2, 0.25) is 0 Å². The van der Waals surface area contributed by atoms with Crippen LogP contribution in [0.25, 0.3) is 11.1 Å². The van der Waals surface area contributed by atoms with Gasteiger partial charge in [-0.2, -0.15) is 5.10 Å². The van der Waals surface area contributed by atoms with Gasteiger partial charge in [-0.25, -0.2) is 4.98 Å². The van der Waals surface area contributed by atoms with Crippen LogP contribution in [0.1, 0.15) is 40.5 Å². The normalized spacial score (nSPS) is 14.5. The number of amides is 1. The van der Waals surface area contributed by atoms with E-state index >= 15 is 0 Å². The van der Waals surface area contributed by atoms with Gasteiger partial charge in [0.05, 0.1) is 16.6 Å². The molecule has 0 radical (unpaired) electrons. The van der Waals surface area contributed by atoms with E-state index in [0.29, 0.717) is 34.1 Å². The van der Waals surface area contributed by atoms with Crippen molar-refractivity contribution in [2.75, 3.05) is 5.32 Å². The molecule has 3 heterocycles. The summed E-state index contributed by atoms with van der Waals surface area (Å²) >= 11 is 0. The number of anilines is 1. The quantitative estimate of drug-likeness (QED) is 0.802. The Balaban J connectivity index is 1.78. The van der Waals surface area contributed by atoms with Crippen LogP contribution in [0.4, 0.5) is 5.82 Å². The number of aromatic nitrogens is 4. The Morgan fingerprint density at radius 2 is 2.27 bits per heavy atom. The number of fused-ring (bicyclic) bond motifs is 1. The summed E-state index contributed by atoms with van der Waals surface area (Å²) < 4.78 is 6.89. The number of carbonyl (C=O) groups excluding carboxylic acids is 1. The molecular weight excluding hydrogens is 282 g/mol. The maximum absolute atomic E-state index is 12.6. The number of nitrogens with one attached hydrogen (secondary N) is 1. The lowest BCUT2D eigenvalue weighted by molar-refractivity contribution is 0.102. The molecule has 4 rings (SSSR count). The van der Waals surface area contributed by atoms with E-state index in [-0.39, 0.29) is 5.91 Å². The molecule has 112 valence electrons. The highest BCUT2D eigenvalue weighted by Crippen LogP contribution is 2.40. The van der Waals surface area contributed by atoms with E-state index in [9.17, 15) is 4.79 Å². The van der Waals surface area contributed by atoms with Gasteiger partial charge >= 0.3 is 0 Å². The van der Waals surface area contributed by atoms with Crippen molar-refractivity contribution in [2.45, 2.75) is 25.7 Å². The highest BCUT2D eigenvalue weighted by molar-refractivity contribution is 6.12. The number of hydrogen-bond acceptors (Lipinski definition) is 5. The Hall–Kier alpha value is -2.70. The second kappa shape index (κ2) is 4.66. The van der Waals surface area contributed by atoms with Crippen LogP contribution in [-0.4, -0.2) is 25.8 Å². The molecule has 3 aromatic heterocycles. The van der Waals surface area contributed by atoms with Crippen LogP contribution in [0.15, 0.2) is 22.9 Å². The van der Waals surface area contributed by atoms with Gasteiger partial charge in [0.25, 0.3) is 11.6 Å². The first-order valence-corrected chi connectivity index (χ1v) is 7.20. The predicted molar refractivity (Wildman–Crippen MR) is 79.7 cm³/mol. The van der Waals surface area contributed by atoms with Crippen molar-refractivity contribution in [1.29, 1.82) is 0 Å². The van der Waals surface area contributed by atoms with Gasteiger partial charge in [-0.05, 0) is 25.8 Å². The second-order valence-electron chi connectivity index (χ2n) is 5.65. The van der Waals surface area contributed by atoms with Gasteiger partial charge in [-0.15, -0.1) is 0 Å². The van der Waals surface area contributed by atoms with Crippen molar-refractivity contribution in [1.82, 2.24) is 19.9 Å². The third kappa shape index (κ3) is 2.14. The van der Waals surface area contributed by atoms with E-state index in [1.807, 2.05) is 13.0 Å². The van der Waals surface area contributed by atoms with Crippen LogP contribution < -0.4 is 5.32 Å². The lowest BCUT2D eigenvalue weighted by atomic mass is 10.1. The van der Waals surface area contributed by atoms with Crippen molar-refractivity contribution in [2.24, 2.45) is 7.05 Å². The second-order valence-corrected chi connectivity index (χ2v) is 5.65. The number of pyridine rings is 1. The third-order valence-corrected chi connectivity index (χ3v) is 3.83. The van der Waals surface area contributed by atoms with Crippen LogP contribution in [0.3, 0.4) is 0 Å². The highest BCUT2D eigenvalue weighted by atomic mass is 16.5. The van der Waals surface area contributed by atoms with Crippen LogP contribution in [0, 0.1) is 6.92 Å². The summed E-state index contributed by atoms with van der Waals surface area (Å²) in [6, 6.07) is 3.60. The fourth-order valence-electron chi connectivity index (χ4n) is 2.55. The van der Waals surface area contributed by atoms with Gasteiger partial charge in [0.1, 0.15) is 0 Å². The molecule has 1 fully saturated rings. The first-order valence-electron chi connectivity index (χ1n) is 7.20. The lowest BCUT2D eigenvalue weighted by Crippen LogP contribution is -2.14. The summed E-state index contributed by atoms with van der Waals surface area (Å²) in [5.41, 5.74) is 2.52. The Labute approximate surface area is 126 Å². The first-order chi connectivity index (χ1) is 10.6. The Bertz CT molecular complexity index is 875. The summed E-state index contributed by atoms with van der Waals surface area (Å²) in [4.78, 5) is 17.1. The minimum atomic E-state index is -0.223. The summed E-state index contributed by atoms with van der Waals surface area (Å²) in [5.74, 6) is 0.718. The Kier molecular flexibility index (Phi) is 2.75. The van der Waals surface area contributed by atoms with E-state index < -0.39 is 0 Å². The predicted octanol–water partition coefficient (Wildman–Crippen LogP) is 2.39. The smallest absolute Gasteiger partial charge is 0.259 e. The maximum Gasteiger partial charge on any atom is 0.259 e. The number of hydrogen-bond donors (Lipinski definition) is 1. The molecule has 22 heavy (non-hydrogen) atoms. The average Bonchev–Trinajstić information content (AvgIpc) is 3.18. The van der Waals surface area contributed by atoms with E-state index in [1.165, 1.54) is 0 Å². The molecule has 1 amide bonds. The van der Waals surface area contributed by atoms with Crippen molar-refractivity contribution in [3.05, 3.63) is 35.3 Å². The molecule has 1 saturated carbocycles. The SMILES string of the molecule is Cc1noc2nc(C3CC3)cc(C(=O)Nc3ccn(C)n3)c12. The van der Waals surface area contributed by atoms with Crippen molar-refractivity contribution < 1.29 is 9.32 Å². The van der Waals surface area contributed by atoms with Crippen molar-refractivity contribution in [3.63, 3.8) is 0 Å². The zero-order chi connectivity index (χ0) is 15.3. The van der Waals surface area contributed by atoms with Gasteiger partial charge in [-0.3, -0.25) is 9.48 Å². The largest absolute Gasteiger partial charge is 0.336 e. The van der Waals surface area contributed by atoms with Gasteiger partial charge in [0.2, 0.25) is 0 Å². The van der Waals surface area contributed by atoms with E-state index in [2.05, 4.69) is 20.6 Å². The van der Waals surface area contributed by atoms with E-state index in [0.717, 1.165) is 18.5 Å². The number of aryl methyl sites for hydroxylation is 2. The van der Waals surface area contributed by atoms with Gasteiger partial charge in [0, 0.05) is 30.9 Å². The third-order valence-electron chi connectivity index (χ3n) is 3.83. The summed E-state index contributed by atoms with van der Waals surface area (Å²) in [5, 5.41) is 11.6. The number of rotatable bonds is 3. The Morgan fingerprint density at radius 1 is 1.45 bits per heavy atom. The van der Waals surface area contributed by atoms with E-state index in [4.69, 9.17) is 4.52 Å². The molecule has 0 aromatic carbocycles. The molecule has 0 aliphatic heterocycles. The summed E-state index contributed by atoms with van der Waals surface area (Å²) in [7, 11) is 1.80. The molecular formula is C15H15N5O2. The maximum atomic E-state index is 12.6. The average molecular weight is 297 g/mol. The minimum Gasteiger partial charge on any atom is -0.336 e. The summed E-state index contributed by atoms with van der Waals surface area (Å²) in [6.45, 7) is 1.81. The molecule has 0 bridgehead atoms. The minimum absolute atomic E-state index is 0.223. The zero-order valence-electron chi connectivity index (χ0n) is 12.3. The molecule has 0 unspecified atom stereocenters. The van der Waals surface area contributed by atoms with Gasteiger partial charge in [-0.1, -0.05) is 5.16 Å². The van der Waals surface area contributed by atoms with Crippen LogP contribution >= 0.6 is 0 Å². The standard InChI is InChI=1S/C15H15N5O2/c1-8-13-10(14(21)17-12-5-6-20(2)18-12)7-11(9-3-4-9)16-15(13)22-19-8/h5-7,9H,3-4H2,1-2H3,(H,17,18,21). The first kappa shape index (κ1) is 13.0. The topological polar surface area (TPSA) is 85.8 Å². The molecule has 7 nitrogen and oxygen atoms in total. The van der Waals surface area contributed by atoms with Crippen molar-refractivity contribution in [3.8, 4) is 0 Å². The monoisotopic (exact) mass is 297 g/mol. The van der Waals surface area contributed by atoms with Gasteiger partial charge in [0.15, 0.2) is 5.82 Å². The molecule has 0 saturated heterocycles. The molecule has 3 aromatic rings. The van der Waals surface area contributed by atoms with Crippen molar-refractivity contribution >= 4 is 22.8 Å². The van der Waals surface area contributed by atoms with Crippen LogP contribution in [0.5, 0.6) is 0 Å². The molecule has 1 aliphatic carbocycles. The molecule has 0 atom stereocenters. The molecule has 1 N–H and O–H groups in total. The lowest BCUT2D eigenvalue weighted by Gasteiger charge is -2.06.